The molecule has 0 bridgehead atoms. The Labute approximate surface area is 137 Å². The number of methoxy groups -OCH3 is 1. The fourth-order valence-corrected chi connectivity index (χ4v) is 1.77. The zero-order valence-electron chi connectivity index (χ0n) is 14.4. The summed E-state index contributed by atoms with van der Waals surface area (Å²) in [4.78, 5) is 34.6. The number of rotatable bonds is 9. The van der Waals surface area contributed by atoms with Gasteiger partial charge in [-0.3, -0.25) is 4.79 Å². The van der Waals surface area contributed by atoms with E-state index in [2.05, 4.69) is 15.4 Å². The Morgan fingerprint density at radius 1 is 1.17 bits per heavy atom. The molecule has 0 aliphatic carbocycles. The lowest BCUT2D eigenvalue weighted by Gasteiger charge is -2.20. The van der Waals surface area contributed by atoms with E-state index in [9.17, 15) is 14.4 Å². The molecule has 0 fully saturated rings. The standard InChI is InChI=1S/C15H29N3O5/c1-15(2,3)23-14(21)17-10-6-5-7-11(13(20)22-4)18-12(19)8-9-16/h11H,5-10,16H2,1-4H3,(H,17,21)(H,18,19)/t11-/m0/s1. The first-order valence-corrected chi connectivity index (χ1v) is 7.73. The Balaban J connectivity index is 4.06. The van der Waals surface area contributed by atoms with Gasteiger partial charge in [0.25, 0.3) is 0 Å². The normalized spacial score (nSPS) is 12.2. The predicted molar refractivity (Wildman–Crippen MR) is 85.7 cm³/mol. The summed E-state index contributed by atoms with van der Waals surface area (Å²) < 4.78 is 9.77. The topological polar surface area (TPSA) is 120 Å². The highest BCUT2D eigenvalue weighted by Gasteiger charge is 2.20. The van der Waals surface area contributed by atoms with Crippen LogP contribution in [0.1, 0.15) is 46.5 Å². The molecule has 0 aromatic carbocycles. The quantitative estimate of drug-likeness (QED) is 0.422. The van der Waals surface area contributed by atoms with Crippen molar-refractivity contribution in [2.45, 2.75) is 58.1 Å². The van der Waals surface area contributed by atoms with Crippen LogP contribution in [0.4, 0.5) is 4.79 Å². The van der Waals surface area contributed by atoms with Gasteiger partial charge in [-0.15, -0.1) is 0 Å². The van der Waals surface area contributed by atoms with Gasteiger partial charge in [-0.05, 0) is 40.0 Å². The number of nitrogens with one attached hydrogen (secondary N) is 2. The molecule has 2 amide bonds. The average molecular weight is 331 g/mol. The van der Waals surface area contributed by atoms with Crippen LogP contribution in [0.15, 0.2) is 0 Å². The van der Waals surface area contributed by atoms with Crippen LogP contribution in [-0.2, 0) is 19.1 Å². The first kappa shape index (κ1) is 21.2. The van der Waals surface area contributed by atoms with Gasteiger partial charge in [-0.1, -0.05) is 0 Å². The van der Waals surface area contributed by atoms with Crippen LogP contribution in [0.25, 0.3) is 0 Å². The fourth-order valence-electron chi connectivity index (χ4n) is 1.77. The van der Waals surface area contributed by atoms with Crippen LogP contribution < -0.4 is 16.4 Å². The van der Waals surface area contributed by atoms with E-state index in [4.69, 9.17) is 10.5 Å². The molecule has 0 unspecified atom stereocenters. The van der Waals surface area contributed by atoms with E-state index in [1.165, 1.54) is 7.11 Å². The van der Waals surface area contributed by atoms with E-state index >= 15 is 0 Å². The average Bonchev–Trinajstić information content (AvgIpc) is 2.43. The summed E-state index contributed by atoms with van der Waals surface area (Å²) in [6.07, 6.45) is 1.41. The highest BCUT2D eigenvalue weighted by molar-refractivity contribution is 5.84. The number of ether oxygens (including phenoxy) is 2. The van der Waals surface area contributed by atoms with Crippen molar-refractivity contribution in [1.29, 1.82) is 0 Å². The van der Waals surface area contributed by atoms with E-state index in [0.717, 1.165) is 0 Å². The lowest BCUT2D eigenvalue weighted by molar-refractivity contribution is -0.145. The zero-order valence-corrected chi connectivity index (χ0v) is 14.4. The van der Waals surface area contributed by atoms with E-state index in [1.54, 1.807) is 20.8 Å². The van der Waals surface area contributed by atoms with Crippen LogP contribution in [0, 0.1) is 0 Å². The van der Waals surface area contributed by atoms with Gasteiger partial charge in [0, 0.05) is 19.5 Å². The second kappa shape index (κ2) is 10.8. The van der Waals surface area contributed by atoms with Crippen molar-refractivity contribution < 1.29 is 23.9 Å². The van der Waals surface area contributed by atoms with E-state index < -0.39 is 23.7 Å². The number of carbonyl (C=O) groups excluding carboxylic acids is 3. The molecule has 23 heavy (non-hydrogen) atoms. The smallest absolute Gasteiger partial charge is 0.407 e. The maximum absolute atomic E-state index is 11.6. The van der Waals surface area contributed by atoms with Gasteiger partial charge in [0.1, 0.15) is 11.6 Å². The third-order valence-corrected chi connectivity index (χ3v) is 2.78. The Morgan fingerprint density at radius 3 is 2.35 bits per heavy atom. The molecular weight excluding hydrogens is 302 g/mol. The maximum Gasteiger partial charge on any atom is 0.407 e. The summed E-state index contributed by atoms with van der Waals surface area (Å²) in [5, 5.41) is 5.23. The number of esters is 1. The molecule has 1 atom stereocenters. The monoisotopic (exact) mass is 331 g/mol. The lowest BCUT2D eigenvalue weighted by Crippen LogP contribution is -2.42. The Morgan fingerprint density at radius 2 is 1.83 bits per heavy atom. The molecule has 0 rings (SSSR count). The maximum atomic E-state index is 11.6. The molecule has 0 aliphatic heterocycles. The highest BCUT2D eigenvalue weighted by atomic mass is 16.6. The molecule has 8 nitrogen and oxygen atoms in total. The molecule has 0 saturated carbocycles. The van der Waals surface area contributed by atoms with Gasteiger partial charge < -0.3 is 25.8 Å². The molecule has 0 spiro atoms. The largest absolute Gasteiger partial charge is 0.467 e. The number of carbonyl (C=O) groups is 3. The van der Waals surface area contributed by atoms with Crippen LogP contribution in [0.3, 0.4) is 0 Å². The van der Waals surface area contributed by atoms with Crippen molar-refractivity contribution in [2.75, 3.05) is 20.2 Å². The third-order valence-electron chi connectivity index (χ3n) is 2.78. The molecule has 8 heteroatoms. The second-order valence-corrected chi connectivity index (χ2v) is 6.11. The number of nitrogens with two attached hydrogens (primary N) is 1. The van der Waals surface area contributed by atoms with Crippen molar-refractivity contribution >= 4 is 18.0 Å². The minimum atomic E-state index is -0.694. The molecular formula is C15H29N3O5. The summed E-state index contributed by atoms with van der Waals surface area (Å²) in [6.45, 7) is 6.02. The van der Waals surface area contributed by atoms with E-state index in [1.807, 2.05) is 0 Å². The van der Waals surface area contributed by atoms with Crippen LogP contribution in [0.5, 0.6) is 0 Å². The molecule has 134 valence electrons. The molecule has 0 radical (unpaired) electrons. The zero-order chi connectivity index (χ0) is 17.9. The van der Waals surface area contributed by atoms with Crippen molar-refractivity contribution in [1.82, 2.24) is 10.6 Å². The van der Waals surface area contributed by atoms with Crippen LogP contribution in [-0.4, -0.2) is 49.8 Å². The molecule has 4 N–H and O–H groups in total. The summed E-state index contributed by atoms with van der Waals surface area (Å²) in [5.74, 6) is -0.773. The van der Waals surface area contributed by atoms with E-state index in [0.29, 0.717) is 25.8 Å². The van der Waals surface area contributed by atoms with Crippen LogP contribution >= 0.6 is 0 Å². The van der Waals surface area contributed by atoms with Gasteiger partial charge in [-0.25, -0.2) is 9.59 Å². The van der Waals surface area contributed by atoms with Gasteiger partial charge in [0.2, 0.25) is 5.91 Å². The summed E-state index contributed by atoms with van der Waals surface area (Å²) in [7, 11) is 1.27. The Kier molecular flexibility index (Phi) is 9.96. The Bertz CT molecular complexity index is 393. The number of alkyl carbamates (subject to hydrolysis) is 1. The fraction of sp³-hybridized carbons (Fsp3) is 0.800. The third kappa shape index (κ3) is 11.4. The van der Waals surface area contributed by atoms with Crippen molar-refractivity contribution in [2.24, 2.45) is 5.73 Å². The molecule has 0 heterocycles. The molecule has 0 aromatic heterocycles. The van der Waals surface area contributed by atoms with Crippen molar-refractivity contribution in [3.05, 3.63) is 0 Å². The van der Waals surface area contributed by atoms with Gasteiger partial charge in [-0.2, -0.15) is 0 Å². The number of hydrogen-bond acceptors (Lipinski definition) is 6. The summed E-state index contributed by atoms with van der Waals surface area (Å²) in [6, 6.07) is -0.694. The van der Waals surface area contributed by atoms with Crippen molar-refractivity contribution in [3.63, 3.8) is 0 Å². The lowest BCUT2D eigenvalue weighted by atomic mass is 10.1. The second-order valence-electron chi connectivity index (χ2n) is 6.11. The minimum absolute atomic E-state index is 0.160. The molecule has 0 aromatic rings. The van der Waals surface area contributed by atoms with E-state index in [-0.39, 0.29) is 18.9 Å². The summed E-state index contributed by atoms with van der Waals surface area (Å²) in [5.41, 5.74) is 4.76. The van der Waals surface area contributed by atoms with Crippen LogP contribution in [0.2, 0.25) is 0 Å². The first-order valence-electron chi connectivity index (χ1n) is 7.73. The van der Waals surface area contributed by atoms with Gasteiger partial charge in [0.15, 0.2) is 0 Å². The van der Waals surface area contributed by atoms with Gasteiger partial charge >= 0.3 is 12.1 Å². The SMILES string of the molecule is COC(=O)[C@H](CCCCNC(=O)OC(C)(C)C)NC(=O)CCN. The van der Waals surface area contributed by atoms with Crippen molar-refractivity contribution in [3.8, 4) is 0 Å². The number of amides is 2. The summed E-state index contributed by atoms with van der Waals surface area (Å²) >= 11 is 0. The minimum Gasteiger partial charge on any atom is -0.467 e. The number of unbranched alkanes of at least 4 members (excludes halogenated alkanes) is 1. The predicted octanol–water partition coefficient (Wildman–Crippen LogP) is 0.688. The Hall–Kier alpha value is -1.83. The van der Waals surface area contributed by atoms with Gasteiger partial charge in [0.05, 0.1) is 7.11 Å². The molecule has 0 aliphatic rings. The highest BCUT2D eigenvalue weighted by Crippen LogP contribution is 2.07. The number of hydrogen-bond donors (Lipinski definition) is 3. The molecule has 0 saturated heterocycles. The first-order chi connectivity index (χ1) is 10.7.